The Kier molecular flexibility index (Phi) is 4.87. The number of nitrogens with zero attached hydrogens (tertiary/aromatic N) is 1. The molecule has 5 heteroatoms. The maximum Gasteiger partial charge on any atom is 0.309 e. The van der Waals surface area contributed by atoms with Crippen molar-refractivity contribution in [3.63, 3.8) is 0 Å². The van der Waals surface area contributed by atoms with Gasteiger partial charge in [-0.15, -0.1) is 0 Å². The van der Waals surface area contributed by atoms with E-state index in [0.29, 0.717) is 25.9 Å². The van der Waals surface area contributed by atoms with Crippen LogP contribution in [0, 0.1) is 11.3 Å². The number of aryl methyl sites for hydroxylation is 1. The van der Waals surface area contributed by atoms with Gasteiger partial charge in [-0.25, -0.2) is 0 Å². The third kappa shape index (κ3) is 3.71. The molecule has 2 atom stereocenters. The summed E-state index contributed by atoms with van der Waals surface area (Å²) >= 11 is 0. The van der Waals surface area contributed by atoms with Gasteiger partial charge in [-0.2, -0.15) is 0 Å². The van der Waals surface area contributed by atoms with E-state index in [1.54, 1.807) is 11.8 Å². The van der Waals surface area contributed by atoms with Crippen molar-refractivity contribution in [2.45, 2.75) is 44.6 Å². The number of aliphatic hydroxyl groups is 1. The summed E-state index contributed by atoms with van der Waals surface area (Å²) in [5.74, 6) is -0.337. The molecule has 0 unspecified atom stereocenters. The first-order valence-electron chi connectivity index (χ1n) is 9.01. The van der Waals surface area contributed by atoms with Gasteiger partial charge in [-0.05, 0) is 50.0 Å². The number of carbonyl (C=O) groups is 2. The molecule has 1 aliphatic carbocycles. The van der Waals surface area contributed by atoms with Crippen molar-refractivity contribution < 1.29 is 19.4 Å². The molecule has 0 radical (unpaired) electrons. The van der Waals surface area contributed by atoms with E-state index < -0.39 is 5.60 Å². The SMILES string of the molecule is COC(=O)[C@H]1CC12CCN(C(=O)[C@](C)(O)CCc1ccccc1)CC2. The van der Waals surface area contributed by atoms with E-state index in [0.717, 1.165) is 24.8 Å². The molecule has 2 aliphatic rings. The molecule has 1 saturated carbocycles. The van der Waals surface area contributed by atoms with E-state index in [9.17, 15) is 14.7 Å². The molecule has 136 valence electrons. The van der Waals surface area contributed by atoms with E-state index in [1.165, 1.54) is 7.11 Å². The number of likely N-dealkylation sites (tertiary alicyclic amines) is 1. The predicted octanol–water partition coefficient (Wildman–Crippen LogP) is 2.17. The summed E-state index contributed by atoms with van der Waals surface area (Å²) in [6.07, 6.45) is 3.57. The van der Waals surface area contributed by atoms with Crippen molar-refractivity contribution in [2.24, 2.45) is 11.3 Å². The number of esters is 1. The molecule has 1 heterocycles. The first-order valence-corrected chi connectivity index (χ1v) is 9.01. The number of rotatable bonds is 5. The van der Waals surface area contributed by atoms with Gasteiger partial charge >= 0.3 is 5.97 Å². The van der Waals surface area contributed by atoms with Crippen LogP contribution in [-0.2, 0) is 20.7 Å². The van der Waals surface area contributed by atoms with Crippen molar-refractivity contribution in [3.05, 3.63) is 35.9 Å². The third-order valence-corrected chi connectivity index (χ3v) is 5.93. The highest BCUT2D eigenvalue weighted by Gasteiger charge is 2.59. The second-order valence-corrected chi connectivity index (χ2v) is 7.69. The van der Waals surface area contributed by atoms with Crippen molar-refractivity contribution in [2.75, 3.05) is 20.2 Å². The Bertz CT molecular complexity index is 632. The molecule has 1 N–H and O–H groups in total. The van der Waals surface area contributed by atoms with Crippen LogP contribution in [0.5, 0.6) is 0 Å². The first-order chi connectivity index (χ1) is 11.9. The van der Waals surface area contributed by atoms with Gasteiger partial charge in [0.1, 0.15) is 5.60 Å². The standard InChI is InChI=1S/C20H27NO4/c1-19(24,9-8-15-6-4-3-5-7-15)18(23)21-12-10-20(11-13-21)14-16(20)17(22)25-2/h3-7,16,24H,8-14H2,1-2H3/t16-,19-/m1/s1. The minimum absolute atomic E-state index is 0.00616. The normalized spacial score (nSPS) is 23.8. The van der Waals surface area contributed by atoms with Crippen molar-refractivity contribution in [1.82, 2.24) is 4.90 Å². The van der Waals surface area contributed by atoms with Crippen LogP contribution in [0.4, 0.5) is 0 Å². The third-order valence-electron chi connectivity index (χ3n) is 5.93. The lowest BCUT2D eigenvalue weighted by Gasteiger charge is -2.37. The zero-order valence-corrected chi connectivity index (χ0v) is 15.0. The lowest BCUT2D eigenvalue weighted by Crippen LogP contribution is -2.50. The van der Waals surface area contributed by atoms with Gasteiger partial charge in [0.25, 0.3) is 5.91 Å². The summed E-state index contributed by atoms with van der Waals surface area (Å²) in [5, 5.41) is 10.7. The summed E-state index contributed by atoms with van der Waals surface area (Å²) in [5.41, 5.74) is -0.210. The van der Waals surface area contributed by atoms with Gasteiger partial charge in [-0.3, -0.25) is 9.59 Å². The Labute approximate surface area is 149 Å². The summed E-state index contributed by atoms with van der Waals surface area (Å²) in [6.45, 7) is 2.82. The molecule has 1 spiro atoms. The number of piperidine rings is 1. The van der Waals surface area contributed by atoms with Gasteiger partial charge < -0.3 is 14.7 Å². The Morgan fingerprint density at radius 1 is 1.28 bits per heavy atom. The van der Waals surface area contributed by atoms with Crippen LogP contribution in [0.3, 0.4) is 0 Å². The molecule has 1 saturated heterocycles. The number of methoxy groups -OCH3 is 1. The molecule has 25 heavy (non-hydrogen) atoms. The minimum Gasteiger partial charge on any atom is -0.469 e. The van der Waals surface area contributed by atoms with Gasteiger partial charge in [0.15, 0.2) is 0 Å². The molecule has 0 bridgehead atoms. The number of hydrogen-bond acceptors (Lipinski definition) is 4. The molecule has 1 aliphatic heterocycles. The highest BCUT2D eigenvalue weighted by molar-refractivity contribution is 5.85. The topological polar surface area (TPSA) is 66.8 Å². The number of amides is 1. The molecule has 5 nitrogen and oxygen atoms in total. The zero-order valence-electron chi connectivity index (χ0n) is 15.0. The Morgan fingerprint density at radius 3 is 2.52 bits per heavy atom. The first kappa shape index (κ1) is 17.9. The molecule has 1 amide bonds. The summed E-state index contributed by atoms with van der Waals surface area (Å²) in [6, 6.07) is 9.89. The molecular weight excluding hydrogens is 318 g/mol. The monoisotopic (exact) mass is 345 g/mol. The highest BCUT2D eigenvalue weighted by atomic mass is 16.5. The number of benzene rings is 1. The molecule has 2 fully saturated rings. The maximum atomic E-state index is 12.7. The van der Waals surface area contributed by atoms with Crippen LogP contribution in [0.25, 0.3) is 0 Å². The van der Waals surface area contributed by atoms with Crippen LogP contribution in [0.2, 0.25) is 0 Å². The molecule has 1 aromatic carbocycles. The quantitative estimate of drug-likeness (QED) is 0.831. The molecule has 1 aromatic rings. The van der Waals surface area contributed by atoms with E-state index >= 15 is 0 Å². The van der Waals surface area contributed by atoms with Crippen LogP contribution in [-0.4, -0.2) is 47.7 Å². The highest BCUT2D eigenvalue weighted by Crippen LogP contribution is 2.59. The van der Waals surface area contributed by atoms with E-state index in [1.807, 2.05) is 30.3 Å². The van der Waals surface area contributed by atoms with Crippen LogP contribution >= 0.6 is 0 Å². The number of hydrogen-bond donors (Lipinski definition) is 1. The van der Waals surface area contributed by atoms with Gasteiger partial charge in [-0.1, -0.05) is 30.3 Å². The fourth-order valence-corrected chi connectivity index (χ4v) is 4.01. The van der Waals surface area contributed by atoms with Crippen molar-refractivity contribution in [3.8, 4) is 0 Å². The largest absolute Gasteiger partial charge is 0.469 e. The zero-order chi connectivity index (χ0) is 18.1. The summed E-state index contributed by atoms with van der Waals surface area (Å²) in [4.78, 5) is 26.2. The average molecular weight is 345 g/mol. The predicted molar refractivity (Wildman–Crippen MR) is 93.8 cm³/mol. The van der Waals surface area contributed by atoms with Gasteiger partial charge in [0.2, 0.25) is 0 Å². The Balaban J connectivity index is 1.52. The van der Waals surface area contributed by atoms with Crippen LogP contribution in [0.15, 0.2) is 30.3 Å². The maximum absolute atomic E-state index is 12.7. The minimum atomic E-state index is -1.36. The summed E-state index contributed by atoms with van der Waals surface area (Å²) < 4.78 is 4.84. The lowest BCUT2D eigenvalue weighted by atomic mass is 9.88. The van der Waals surface area contributed by atoms with Crippen LogP contribution in [0.1, 0.15) is 38.2 Å². The molecule has 3 rings (SSSR count). The number of carbonyl (C=O) groups excluding carboxylic acids is 2. The summed E-state index contributed by atoms with van der Waals surface area (Å²) in [7, 11) is 1.43. The van der Waals surface area contributed by atoms with E-state index in [-0.39, 0.29) is 23.2 Å². The van der Waals surface area contributed by atoms with Crippen molar-refractivity contribution >= 4 is 11.9 Å². The fraction of sp³-hybridized carbons (Fsp3) is 0.600. The molecular formula is C20H27NO4. The van der Waals surface area contributed by atoms with Gasteiger partial charge in [0.05, 0.1) is 13.0 Å². The molecule has 0 aromatic heterocycles. The second kappa shape index (κ2) is 6.79. The number of ether oxygens (including phenoxy) is 1. The smallest absolute Gasteiger partial charge is 0.309 e. The van der Waals surface area contributed by atoms with E-state index in [4.69, 9.17) is 4.74 Å². The van der Waals surface area contributed by atoms with Gasteiger partial charge in [0, 0.05) is 13.1 Å². The fourth-order valence-electron chi connectivity index (χ4n) is 4.01. The van der Waals surface area contributed by atoms with E-state index in [2.05, 4.69) is 0 Å². The Hall–Kier alpha value is -1.88. The average Bonchev–Trinajstić information content (AvgIpc) is 3.33. The lowest BCUT2D eigenvalue weighted by molar-refractivity contribution is -0.152. The van der Waals surface area contributed by atoms with Crippen molar-refractivity contribution in [1.29, 1.82) is 0 Å². The van der Waals surface area contributed by atoms with Crippen LogP contribution < -0.4 is 0 Å². The second-order valence-electron chi connectivity index (χ2n) is 7.69. The Morgan fingerprint density at radius 2 is 1.92 bits per heavy atom.